The maximum absolute atomic E-state index is 12.9. The van der Waals surface area contributed by atoms with Gasteiger partial charge in [0.15, 0.2) is 0 Å². The Balaban J connectivity index is 1.67. The average molecular weight is 223 g/mol. The highest BCUT2D eigenvalue weighted by Gasteiger charge is 2.19. The topological polar surface area (TPSA) is 32.3 Å². The van der Waals surface area contributed by atoms with Crippen LogP contribution in [0.5, 0.6) is 5.75 Å². The molecule has 2 rings (SSSR count). The molecule has 88 valence electrons. The summed E-state index contributed by atoms with van der Waals surface area (Å²) in [6.07, 6.45) is 5.29. The summed E-state index contributed by atoms with van der Waals surface area (Å²) in [5, 5.41) is 12.5. The maximum Gasteiger partial charge on any atom is 0.127 e. The largest absolute Gasteiger partial charge is 0.508 e. The third kappa shape index (κ3) is 3.81. The Kier molecular flexibility index (Phi) is 3.78. The van der Waals surface area contributed by atoms with Gasteiger partial charge in [-0.25, -0.2) is 4.39 Å². The average Bonchev–Trinajstić information content (AvgIpc) is 2.99. The minimum absolute atomic E-state index is 0.00483. The predicted octanol–water partition coefficient (Wildman–Crippen LogP) is 2.81. The van der Waals surface area contributed by atoms with E-state index in [0.29, 0.717) is 6.54 Å². The zero-order chi connectivity index (χ0) is 11.4. The maximum atomic E-state index is 12.9. The second-order valence-electron chi connectivity index (χ2n) is 4.58. The molecule has 0 bridgehead atoms. The molecular formula is C13H18FNO. The van der Waals surface area contributed by atoms with Crippen LogP contribution in [0, 0.1) is 11.7 Å². The van der Waals surface area contributed by atoms with Crippen molar-refractivity contribution in [2.45, 2.75) is 32.2 Å². The van der Waals surface area contributed by atoms with Gasteiger partial charge in [0.25, 0.3) is 0 Å². The Hall–Kier alpha value is -1.09. The third-order valence-corrected chi connectivity index (χ3v) is 2.93. The van der Waals surface area contributed by atoms with Crippen LogP contribution in [-0.4, -0.2) is 11.7 Å². The molecule has 2 N–H and O–H groups in total. The lowest BCUT2D eigenvalue weighted by atomic mass is 10.2. The fourth-order valence-electron chi connectivity index (χ4n) is 1.89. The highest BCUT2D eigenvalue weighted by molar-refractivity contribution is 5.28. The van der Waals surface area contributed by atoms with Gasteiger partial charge in [-0.2, -0.15) is 0 Å². The molecule has 0 radical (unpaired) electrons. The fourth-order valence-corrected chi connectivity index (χ4v) is 1.89. The zero-order valence-corrected chi connectivity index (χ0v) is 9.38. The first kappa shape index (κ1) is 11.4. The van der Waals surface area contributed by atoms with E-state index < -0.39 is 0 Å². The summed E-state index contributed by atoms with van der Waals surface area (Å²) in [5.41, 5.74) is 0.795. The normalized spacial score (nSPS) is 15.3. The fraction of sp³-hybridized carbons (Fsp3) is 0.538. The highest BCUT2D eigenvalue weighted by Crippen LogP contribution is 2.33. The van der Waals surface area contributed by atoms with Crippen molar-refractivity contribution in [3.05, 3.63) is 29.6 Å². The van der Waals surface area contributed by atoms with E-state index in [2.05, 4.69) is 5.32 Å². The number of halogens is 1. The molecule has 0 spiro atoms. The molecule has 1 saturated carbocycles. The van der Waals surface area contributed by atoms with Crippen molar-refractivity contribution in [2.75, 3.05) is 6.54 Å². The number of hydrogen-bond acceptors (Lipinski definition) is 2. The molecule has 2 nitrogen and oxygen atoms in total. The summed E-state index contributed by atoms with van der Waals surface area (Å²) in [6, 6.07) is 4.17. The summed E-state index contributed by atoms with van der Waals surface area (Å²) in [7, 11) is 0. The van der Waals surface area contributed by atoms with Crippen molar-refractivity contribution in [3.8, 4) is 5.75 Å². The molecule has 3 heteroatoms. The van der Waals surface area contributed by atoms with E-state index in [1.54, 1.807) is 6.07 Å². The van der Waals surface area contributed by atoms with Crippen LogP contribution in [0.1, 0.15) is 31.2 Å². The van der Waals surface area contributed by atoms with E-state index in [4.69, 9.17) is 0 Å². The Morgan fingerprint density at radius 2 is 2.12 bits per heavy atom. The van der Waals surface area contributed by atoms with E-state index in [1.165, 1.54) is 31.7 Å². The van der Waals surface area contributed by atoms with E-state index >= 15 is 0 Å². The Bertz CT molecular complexity index is 330. The minimum Gasteiger partial charge on any atom is -0.508 e. The lowest BCUT2D eigenvalue weighted by Crippen LogP contribution is -2.14. The smallest absolute Gasteiger partial charge is 0.127 e. The monoisotopic (exact) mass is 223 g/mol. The molecule has 0 saturated heterocycles. The molecule has 0 aromatic heterocycles. The first-order valence-corrected chi connectivity index (χ1v) is 5.93. The van der Waals surface area contributed by atoms with Crippen LogP contribution in [0.2, 0.25) is 0 Å². The minimum atomic E-state index is -0.380. The van der Waals surface area contributed by atoms with Gasteiger partial charge in [0.1, 0.15) is 11.6 Å². The van der Waals surface area contributed by atoms with Gasteiger partial charge in [-0.1, -0.05) is 12.8 Å². The van der Waals surface area contributed by atoms with Gasteiger partial charge < -0.3 is 10.4 Å². The number of phenols is 1. The third-order valence-electron chi connectivity index (χ3n) is 2.93. The highest BCUT2D eigenvalue weighted by atomic mass is 19.1. The predicted molar refractivity (Wildman–Crippen MR) is 61.7 cm³/mol. The Labute approximate surface area is 95.5 Å². The zero-order valence-electron chi connectivity index (χ0n) is 9.38. The van der Waals surface area contributed by atoms with Gasteiger partial charge >= 0.3 is 0 Å². The van der Waals surface area contributed by atoms with Crippen molar-refractivity contribution in [3.63, 3.8) is 0 Å². The van der Waals surface area contributed by atoms with Crippen LogP contribution in [0.3, 0.4) is 0 Å². The summed E-state index contributed by atoms with van der Waals surface area (Å²) in [5.74, 6) is 0.588. The van der Waals surface area contributed by atoms with E-state index in [1.807, 2.05) is 0 Å². The molecule has 0 atom stereocenters. The van der Waals surface area contributed by atoms with Gasteiger partial charge in [0.05, 0.1) is 0 Å². The molecule has 16 heavy (non-hydrogen) atoms. The van der Waals surface area contributed by atoms with E-state index in [0.717, 1.165) is 24.1 Å². The molecule has 1 aliphatic rings. The van der Waals surface area contributed by atoms with Crippen LogP contribution in [0.25, 0.3) is 0 Å². The number of rotatable bonds is 6. The molecule has 1 aromatic rings. The van der Waals surface area contributed by atoms with Crippen molar-refractivity contribution in [2.24, 2.45) is 5.92 Å². The number of aromatic hydroxyl groups is 1. The van der Waals surface area contributed by atoms with Crippen LogP contribution < -0.4 is 5.32 Å². The van der Waals surface area contributed by atoms with Gasteiger partial charge in [-0.3, -0.25) is 0 Å². The Morgan fingerprint density at radius 1 is 1.31 bits per heavy atom. The van der Waals surface area contributed by atoms with Gasteiger partial charge in [-0.05, 0) is 43.0 Å². The van der Waals surface area contributed by atoms with Crippen LogP contribution in [0.15, 0.2) is 18.2 Å². The summed E-state index contributed by atoms with van der Waals surface area (Å²) < 4.78 is 12.9. The van der Waals surface area contributed by atoms with Crippen molar-refractivity contribution >= 4 is 0 Å². The number of phenolic OH excluding ortho intramolecular Hbond substituents is 1. The quantitative estimate of drug-likeness (QED) is 0.727. The van der Waals surface area contributed by atoms with Crippen molar-refractivity contribution in [1.29, 1.82) is 0 Å². The van der Waals surface area contributed by atoms with Gasteiger partial charge in [0, 0.05) is 12.6 Å². The second kappa shape index (κ2) is 5.30. The molecule has 0 heterocycles. The van der Waals surface area contributed by atoms with Crippen LogP contribution >= 0.6 is 0 Å². The molecule has 0 unspecified atom stereocenters. The number of nitrogens with one attached hydrogen (secondary N) is 1. The first-order valence-electron chi connectivity index (χ1n) is 5.93. The van der Waals surface area contributed by atoms with Crippen molar-refractivity contribution in [1.82, 2.24) is 5.32 Å². The lowest BCUT2D eigenvalue weighted by molar-refractivity contribution is 0.467. The van der Waals surface area contributed by atoms with Crippen LogP contribution in [0.4, 0.5) is 4.39 Å². The molecule has 0 aliphatic heterocycles. The summed E-state index contributed by atoms with van der Waals surface area (Å²) in [6.45, 7) is 1.59. The SMILES string of the molecule is Oc1cc(F)cc(CNCCCC2CC2)c1. The first-order chi connectivity index (χ1) is 7.74. The molecule has 1 fully saturated rings. The number of benzene rings is 1. The lowest BCUT2D eigenvalue weighted by Gasteiger charge is -2.05. The van der Waals surface area contributed by atoms with E-state index in [9.17, 15) is 9.50 Å². The molecule has 1 aromatic carbocycles. The number of hydrogen-bond donors (Lipinski definition) is 2. The second-order valence-corrected chi connectivity index (χ2v) is 4.58. The molecule has 0 amide bonds. The van der Waals surface area contributed by atoms with E-state index in [-0.39, 0.29) is 11.6 Å². The molecule has 1 aliphatic carbocycles. The molecular weight excluding hydrogens is 205 g/mol. The van der Waals surface area contributed by atoms with Crippen molar-refractivity contribution < 1.29 is 9.50 Å². The standard InChI is InChI=1S/C13H18FNO/c14-12-6-11(7-13(16)8-12)9-15-5-1-2-10-3-4-10/h6-8,10,15-16H,1-5,9H2. The summed E-state index contributed by atoms with van der Waals surface area (Å²) >= 11 is 0. The Morgan fingerprint density at radius 3 is 2.81 bits per heavy atom. The van der Waals surface area contributed by atoms with Crippen LogP contribution in [-0.2, 0) is 6.54 Å². The van der Waals surface area contributed by atoms with Gasteiger partial charge in [-0.15, -0.1) is 0 Å². The van der Waals surface area contributed by atoms with Gasteiger partial charge in [0.2, 0.25) is 0 Å². The summed E-state index contributed by atoms with van der Waals surface area (Å²) in [4.78, 5) is 0.